The highest BCUT2D eigenvalue weighted by molar-refractivity contribution is 5.68. The van der Waals surface area contributed by atoms with E-state index in [2.05, 4.69) is 37.4 Å². The van der Waals surface area contributed by atoms with Crippen molar-refractivity contribution >= 4 is 11.8 Å². The van der Waals surface area contributed by atoms with Gasteiger partial charge in [-0.1, -0.05) is 86.6 Å². The number of nitrogens with one attached hydrogen (secondary N) is 1. The highest BCUT2D eigenvalue weighted by Crippen LogP contribution is 2.41. The molecule has 0 aromatic heterocycles. The van der Waals surface area contributed by atoms with Crippen molar-refractivity contribution in [3.05, 3.63) is 125 Å². The number of ether oxygens (including phenoxy) is 6. The van der Waals surface area contributed by atoms with Gasteiger partial charge >= 0.3 is 6.09 Å². The molecule has 2 heterocycles. The van der Waals surface area contributed by atoms with Crippen molar-refractivity contribution in [1.29, 1.82) is 0 Å². The highest BCUT2D eigenvalue weighted by Gasteiger charge is 2.41. The van der Waals surface area contributed by atoms with Gasteiger partial charge in [0.05, 0.1) is 58.3 Å². The second-order valence-electron chi connectivity index (χ2n) is 15.0. The van der Waals surface area contributed by atoms with Crippen LogP contribution >= 0.6 is 0 Å². The molecule has 294 valence electrons. The van der Waals surface area contributed by atoms with Crippen LogP contribution in [0.4, 0.5) is 10.5 Å². The van der Waals surface area contributed by atoms with Crippen LogP contribution < -0.4 is 14.8 Å². The Morgan fingerprint density at radius 3 is 2.45 bits per heavy atom. The van der Waals surface area contributed by atoms with Crippen LogP contribution in [0.2, 0.25) is 0 Å². The van der Waals surface area contributed by atoms with E-state index in [1.807, 2.05) is 78.9 Å². The number of para-hydroxylation sites is 1. The number of anilines is 1. The third kappa shape index (κ3) is 10.6. The average molecular weight is 753 g/mol. The lowest BCUT2D eigenvalue weighted by atomic mass is 9.84. The van der Waals surface area contributed by atoms with Gasteiger partial charge in [0.2, 0.25) is 0 Å². The largest absolute Gasteiger partial charge is 0.496 e. The number of carbonyl (C=O) groups is 1. The van der Waals surface area contributed by atoms with Gasteiger partial charge in [0, 0.05) is 49.3 Å². The Kier molecular flexibility index (Phi) is 14.1. The van der Waals surface area contributed by atoms with Crippen LogP contribution in [0.15, 0.2) is 97.1 Å². The maximum absolute atomic E-state index is 13.5. The highest BCUT2D eigenvalue weighted by atomic mass is 16.6. The normalized spacial score (nSPS) is 19.3. The third-order valence-electron chi connectivity index (χ3n) is 10.5. The first kappa shape index (κ1) is 40.1. The lowest BCUT2D eigenvalue weighted by molar-refractivity contribution is -0.0966. The van der Waals surface area contributed by atoms with Gasteiger partial charge in [-0.25, -0.2) is 4.79 Å². The molecule has 2 N–H and O–H groups in total. The minimum atomic E-state index is -0.891. The van der Waals surface area contributed by atoms with Gasteiger partial charge in [-0.15, -0.1) is 0 Å². The summed E-state index contributed by atoms with van der Waals surface area (Å²) in [6.07, 6.45) is 0.0393. The number of amides is 1. The Bertz CT molecular complexity index is 1800. The van der Waals surface area contributed by atoms with Gasteiger partial charge in [0.1, 0.15) is 18.1 Å². The Labute approximate surface area is 325 Å². The maximum atomic E-state index is 13.5. The first-order chi connectivity index (χ1) is 26.8. The third-order valence-corrected chi connectivity index (χ3v) is 10.5. The standard InChI is InChI=1S/C45H56N2O8/c1-45(2)31-46-38-26-34(19-22-37(38)45)41(16-10-23-50-3)55-42-28-47(44(49)54-29-32-12-6-5-7-13-32)27-39(48)43(42)33-17-20-36(21-18-33)53-25-11-24-52-30-35-14-8-9-15-40(35)51-4/h5-9,12-15,17-22,26,39,41-43,46,48H,10-11,16,23-25,27-31H2,1-4H3/t39-,41?,42+,43+/m1/s1. The summed E-state index contributed by atoms with van der Waals surface area (Å²) < 4.78 is 35.5. The van der Waals surface area contributed by atoms with Crippen LogP contribution in [-0.4, -0.2) is 82.0 Å². The van der Waals surface area contributed by atoms with Crippen LogP contribution in [0.3, 0.4) is 0 Å². The van der Waals surface area contributed by atoms with E-state index in [0.29, 0.717) is 32.8 Å². The molecular weight excluding hydrogens is 697 g/mol. The molecule has 4 atom stereocenters. The quantitative estimate of drug-likeness (QED) is 0.0978. The number of methoxy groups -OCH3 is 2. The molecule has 1 amide bonds. The van der Waals surface area contributed by atoms with Gasteiger partial charge in [-0.05, 0) is 59.4 Å². The van der Waals surface area contributed by atoms with E-state index in [9.17, 15) is 9.90 Å². The molecule has 10 heteroatoms. The fourth-order valence-electron chi connectivity index (χ4n) is 7.51. The van der Waals surface area contributed by atoms with E-state index in [1.54, 1.807) is 19.1 Å². The number of hydrogen-bond donors (Lipinski definition) is 2. The predicted molar refractivity (Wildman–Crippen MR) is 213 cm³/mol. The number of nitrogens with zero attached hydrogens (tertiary/aromatic N) is 1. The topological polar surface area (TPSA) is 108 Å². The Balaban J connectivity index is 1.15. The second-order valence-corrected chi connectivity index (χ2v) is 15.0. The fourth-order valence-corrected chi connectivity index (χ4v) is 7.51. The average Bonchev–Trinajstić information content (AvgIpc) is 3.51. The molecule has 0 bridgehead atoms. The van der Waals surface area contributed by atoms with Crippen LogP contribution in [0, 0.1) is 0 Å². The SMILES string of the molecule is COCCCC(O[C@H]1CN(C(=O)OCc2ccccc2)C[C@@H](O)[C@@H]1c1ccc(OCCCOCc2ccccc2OC)cc1)c1ccc2c(c1)NCC2(C)C. The van der Waals surface area contributed by atoms with Gasteiger partial charge in [-0.2, -0.15) is 0 Å². The number of aliphatic hydroxyl groups excluding tert-OH is 1. The smallest absolute Gasteiger partial charge is 0.410 e. The van der Waals surface area contributed by atoms with Gasteiger partial charge in [0.25, 0.3) is 0 Å². The predicted octanol–water partition coefficient (Wildman–Crippen LogP) is 8.03. The minimum Gasteiger partial charge on any atom is -0.496 e. The number of β-amino-alcohol motifs (C(OH)–C–C–N with tert-alkyl or cyclic N) is 1. The molecule has 0 radical (unpaired) electrons. The zero-order chi connectivity index (χ0) is 38.6. The first-order valence-electron chi connectivity index (χ1n) is 19.3. The van der Waals surface area contributed by atoms with Crippen LogP contribution in [0.25, 0.3) is 0 Å². The van der Waals surface area contributed by atoms with Gasteiger partial charge in [0.15, 0.2) is 0 Å². The molecule has 0 aliphatic carbocycles. The van der Waals surface area contributed by atoms with Gasteiger partial charge in [-0.3, -0.25) is 0 Å². The molecule has 0 spiro atoms. The molecule has 1 saturated heterocycles. The molecule has 1 fully saturated rings. The molecule has 2 aliphatic rings. The molecular formula is C45H56N2O8. The number of fused-ring (bicyclic) bond motifs is 1. The molecule has 6 rings (SSSR count). The molecule has 10 nitrogen and oxygen atoms in total. The zero-order valence-corrected chi connectivity index (χ0v) is 32.6. The Hall–Kier alpha value is -4.61. The number of hydrogen-bond acceptors (Lipinski definition) is 9. The summed E-state index contributed by atoms with van der Waals surface area (Å²) in [5.41, 5.74) is 6.31. The zero-order valence-electron chi connectivity index (χ0n) is 32.6. The van der Waals surface area contributed by atoms with Crippen LogP contribution in [-0.2, 0) is 37.6 Å². The number of aliphatic hydroxyl groups is 1. The van der Waals surface area contributed by atoms with Crippen molar-refractivity contribution < 1.29 is 38.3 Å². The summed E-state index contributed by atoms with van der Waals surface area (Å²) in [6, 6.07) is 31.8. The monoisotopic (exact) mass is 752 g/mol. The number of likely N-dealkylation sites (tertiary alicyclic amines) is 1. The summed E-state index contributed by atoms with van der Waals surface area (Å²) in [5, 5.41) is 15.4. The van der Waals surface area contributed by atoms with E-state index in [4.69, 9.17) is 28.4 Å². The summed E-state index contributed by atoms with van der Waals surface area (Å²) in [5.74, 6) is 1.15. The van der Waals surface area contributed by atoms with Crippen molar-refractivity contribution in [3.63, 3.8) is 0 Å². The second kappa shape index (κ2) is 19.3. The lowest BCUT2D eigenvalue weighted by Crippen LogP contribution is -2.54. The van der Waals surface area contributed by atoms with Crippen molar-refractivity contribution in [3.8, 4) is 11.5 Å². The Morgan fingerprint density at radius 2 is 1.67 bits per heavy atom. The van der Waals surface area contributed by atoms with Gasteiger partial charge < -0.3 is 43.7 Å². The van der Waals surface area contributed by atoms with E-state index in [-0.39, 0.29) is 31.2 Å². The van der Waals surface area contributed by atoms with Crippen molar-refractivity contribution in [1.82, 2.24) is 4.90 Å². The summed E-state index contributed by atoms with van der Waals surface area (Å²) >= 11 is 0. The summed E-state index contributed by atoms with van der Waals surface area (Å²) in [6.45, 7) is 8.01. The van der Waals surface area contributed by atoms with E-state index in [0.717, 1.165) is 58.8 Å². The van der Waals surface area contributed by atoms with Crippen molar-refractivity contribution in [2.75, 3.05) is 59.0 Å². The molecule has 4 aromatic carbocycles. The van der Waals surface area contributed by atoms with Crippen LogP contribution in [0.1, 0.15) is 72.9 Å². The van der Waals surface area contributed by atoms with Crippen LogP contribution in [0.5, 0.6) is 11.5 Å². The van der Waals surface area contributed by atoms with E-state index >= 15 is 0 Å². The minimum absolute atomic E-state index is 0.0418. The van der Waals surface area contributed by atoms with E-state index in [1.165, 1.54) is 5.56 Å². The number of benzene rings is 4. The Morgan fingerprint density at radius 1 is 0.891 bits per heavy atom. The fraction of sp³-hybridized carbons (Fsp3) is 0.444. The molecule has 0 saturated carbocycles. The summed E-state index contributed by atoms with van der Waals surface area (Å²) in [7, 11) is 3.36. The number of rotatable bonds is 18. The van der Waals surface area contributed by atoms with Crippen molar-refractivity contribution in [2.45, 2.75) is 76.0 Å². The van der Waals surface area contributed by atoms with Crippen molar-refractivity contribution in [2.24, 2.45) is 0 Å². The molecule has 4 aromatic rings. The lowest BCUT2D eigenvalue weighted by Gasteiger charge is -2.42. The van der Waals surface area contributed by atoms with E-state index < -0.39 is 24.2 Å². The molecule has 55 heavy (non-hydrogen) atoms. The maximum Gasteiger partial charge on any atom is 0.410 e. The summed E-state index contributed by atoms with van der Waals surface area (Å²) in [4.78, 5) is 15.0. The first-order valence-corrected chi connectivity index (χ1v) is 19.3. The molecule has 1 unspecified atom stereocenters. The number of carbonyl (C=O) groups excluding carboxylic acids is 1. The number of piperidine rings is 1. The molecule has 2 aliphatic heterocycles.